The van der Waals surface area contributed by atoms with Crippen LogP contribution in [0.3, 0.4) is 0 Å². The Balaban J connectivity index is 2.25. The molecule has 2 aromatic rings. The number of benzene rings is 2. The lowest BCUT2D eigenvalue weighted by Gasteiger charge is -2.14. The molecule has 1 atom stereocenters. The third kappa shape index (κ3) is 3.47. The quantitative estimate of drug-likeness (QED) is 0.688. The molecule has 0 bridgehead atoms. The summed E-state index contributed by atoms with van der Waals surface area (Å²) in [5, 5.41) is -0.217. The second-order valence-electron chi connectivity index (χ2n) is 4.25. The van der Waals surface area contributed by atoms with Gasteiger partial charge >= 0.3 is 0 Å². The van der Waals surface area contributed by atoms with Crippen LogP contribution >= 0.6 is 27.5 Å². The first kappa shape index (κ1) is 15.2. The van der Waals surface area contributed by atoms with E-state index in [4.69, 9.17) is 21.1 Å². The molecule has 0 fully saturated rings. The van der Waals surface area contributed by atoms with Gasteiger partial charge in [-0.25, -0.2) is 0 Å². The number of halogens is 2. The van der Waals surface area contributed by atoms with Gasteiger partial charge in [-0.05, 0) is 42.3 Å². The van der Waals surface area contributed by atoms with E-state index in [1.165, 1.54) is 0 Å². The molecule has 0 aliphatic heterocycles. The molecule has 4 heteroatoms. The third-order valence-corrected chi connectivity index (χ3v) is 4.14. The topological polar surface area (TPSA) is 18.5 Å². The van der Waals surface area contributed by atoms with Gasteiger partial charge in [-0.3, -0.25) is 0 Å². The van der Waals surface area contributed by atoms with Gasteiger partial charge in [-0.15, -0.1) is 11.6 Å². The molecule has 106 valence electrons. The van der Waals surface area contributed by atoms with Crippen LogP contribution in [0.15, 0.2) is 46.9 Å². The highest BCUT2D eigenvalue weighted by Crippen LogP contribution is 2.36. The number of ether oxygens (including phenoxy) is 2. The Morgan fingerprint density at radius 1 is 1.10 bits per heavy atom. The molecule has 20 heavy (non-hydrogen) atoms. The second-order valence-corrected chi connectivity index (χ2v) is 5.54. The number of hydrogen-bond donors (Lipinski definition) is 0. The Bertz CT molecular complexity index is 569. The minimum Gasteiger partial charge on any atom is -0.497 e. The highest BCUT2D eigenvalue weighted by atomic mass is 79.9. The third-order valence-electron chi connectivity index (χ3n) is 2.96. The molecule has 0 saturated carbocycles. The molecule has 2 rings (SSSR count). The highest BCUT2D eigenvalue weighted by Gasteiger charge is 2.14. The summed E-state index contributed by atoms with van der Waals surface area (Å²) < 4.78 is 11.6. The number of hydrogen-bond acceptors (Lipinski definition) is 2. The molecule has 0 spiro atoms. The predicted molar refractivity (Wildman–Crippen MR) is 86.0 cm³/mol. The van der Waals surface area contributed by atoms with Crippen molar-refractivity contribution in [1.29, 1.82) is 0 Å². The lowest BCUT2D eigenvalue weighted by Crippen LogP contribution is -1.97. The molecule has 0 saturated heterocycles. The maximum absolute atomic E-state index is 6.55. The van der Waals surface area contributed by atoms with Gasteiger partial charge < -0.3 is 9.47 Å². The van der Waals surface area contributed by atoms with Crippen LogP contribution in [0.25, 0.3) is 0 Å². The second kappa shape index (κ2) is 7.00. The van der Waals surface area contributed by atoms with Crippen LogP contribution in [0.2, 0.25) is 0 Å². The summed E-state index contributed by atoms with van der Waals surface area (Å²) in [4.78, 5) is 0. The molecule has 2 nitrogen and oxygen atoms in total. The first-order chi connectivity index (χ1) is 9.65. The zero-order chi connectivity index (χ0) is 14.5. The smallest absolute Gasteiger partial charge is 0.120 e. The van der Waals surface area contributed by atoms with Crippen molar-refractivity contribution in [3.63, 3.8) is 0 Å². The van der Waals surface area contributed by atoms with E-state index < -0.39 is 0 Å². The molecular formula is C16H16BrClO2. The van der Waals surface area contributed by atoms with Gasteiger partial charge in [0, 0.05) is 4.47 Å². The van der Waals surface area contributed by atoms with Crippen LogP contribution in [-0.4, -0.2) is 13.7 Å². The molecule has 0 aliphatic carbocycles. The highest BCUT2D eigenvalue weighted by molar-refractivity contribution is 9.10. The Morgan fingerprint density at radius 2 is 1.75 bits per heavy atom. The van der Waals surface area contributed by atoms with Crippen molar-refractivity contribution in [3.05, 3.63) is 58.1 Å². The normalized spacial score (nSPS) is 12.0. The van der Waals surface area contributed by atoms with Gasteiger partial charge in [0.2, 0.25) is 0 Å². The summed E-state index contributed by atoms with van der Waals surface area (Å²) in [6.07, 6.45) is 0. The van der Waals surface area contributed by atoms with E-state index in [2.05, 4.69) is 15.9 Å². The minimum absolute atomic E-state index is 0.217. The van der Waals surface area contributed by atoms with Crippen molar-refractivity contribution in [3.8, 4) is 11.5 Å². The molecule has 0 N–H and O–H groups in total. The fraction of sp³-hybridized carbons (Fsp3) is 0.250. The maximum atomic E-state index is 6.55. The number of methoxy groups -OCH3 is 1. The summed E-state index contributed by atoms with van der Waals surface area (Å²) in [5.41, 5.74) is 2.04. The van der Waals surface area contributed by atoms with Gasteiger partial charge in [0.05, 0.1) is 19.1 Å². The molecule has 2 aromatic carbocycles. The SMILES string of the molecule is CCOc1ccc(C(Cl)c2ccc(OC)cc2)c(Br)c1. The first-order valence-electron chi connectivity index (χ1n) is 6.36. The van der Waals surface area contributed by atoms with E-state index in [1.807, 2.05) is 49.4 Å². The van der Waals surface area contributed by atoms with Gasteiger partial charge in [0.25, 0.3) is 0 Å². The lowest BCUT2D eigenvalue weighted by molar-refractivity contribution is 0.340. The van der Waals surface area contributed by atoms with Crippen LogP contribution < -0.4 is 9.47 Å². The Kier molecular flexibility index (Phi) is 5.32. The molecule has 0 amide bonds. The van der Waals surface area contributed by atoms with Gasteiger partial charge in [-0.2, -0.15) is 0 Å². The molecule has 0 radical (unpaired) electrons. The van der Waals surface area contributed by atoms with Gasteiger partial charge in [0.1, 0.15) is 11.5 Å². The van der Waals surface area contributed by atoms with Gasteiger partial charge in [0.15, 0.2) is 0 Å². The van der Waals surface area contributed by atoms with Crippen molar-refractivity contribution in [2.24, 2.45) is 0 Å². The average Bonchev–Trinajstić information content (AvgIpc) is 2.47. The van der Waals surface area contributed by atoms with Crippen molar-refractivity contribution < 1.29 is 9.47 Å². The van der Waals surface area contributed by atoms with Crippen molar-refractivity contribution in [1.82, 2.24) is 0 Å². The first-order valence-corrected chi connectivity index (χ1v) is 7.59. The Morgan fingerprint density at radius 3 is 2.30 bits per heavy atom. The minimum atomic E-state index is -0.217. The van der Waals surface area contributed by atoms with Gasteiger partial charge in [-0.1, -0.05) is 34.1 Å². The monoisotopic (exact) mass is 354 g/mol. The van der Waals surface area contributed by atoms with E-state index in [9.17, 15) is 0 Å². The van der Waals surface area contributed by atoms with E-state index in [0.717, 1.165) is 27.1 Å². The van der Waals surface area contributed by atoms with Crippen LogP contribution in [0.1, 0.15) is 23.4 Å². The van der Waals surface area contributed by atoms with E-state index in [1.54, 1.807) is 7.11 Å². The summed E-state index contributed by atoms with van der Waals surface area (Å²) >= 11 is 10.1. The Hall–Kier alpha value is -1.19. The zero-order valence-electron chi connectivity index (χ0n) is 11.4. The predicted octanol–water partition coefficient (Wildman–Crippen LogP) is 5.18. The summed E-state index contributed by atoms with van der Waals surface area (Å²) in [5.74, 6) is 1.66. The molecular weight excluding hydrogens is 340 g/mol. The van der Waals surface area contributed by atoms with Crippen molar-refractivity contribution in [2.45, 2.75) is 12.3 Å². The number of rotatable bonds is 5. The summed E-state index contributed by atoms with van der Waals surface area (Å²) in [6.45, 7) is 2.61. The Labute approximate surface area is 132 Å². The number of alkyl halides is 1. The molecule has 0 aliphatic rings. The van der Waals surface area contributed by atoms with Crippen LogP contribution in [-0.2, 0) is 0 Å². The molecule has 0 aromatic heterocycles. The largest absolute Gasteiger partial charge is 0.497 e. The van der Waals surface area contributed by atoms with E-state index in [0.29, 0.717) is 6.61 Å². The fourth-order valence-electron chi connectivity index (χ4n) is 1.92. The fourth-order valence-corrected chi connectivity index (χ4v) is 2.98. The van der Waals surface area contributed by atoms with E-state index in [-0.39, 0.29) is 5.38 Å². The van der Waals surface area contributed by atoms with Crippen LogP contribution in [0, 0.1) is 0 Å². The summed E-state index contributed by atoms with van der Waals surface area (Å²) in [7, 11) is 1.65. The lowest BCUT2D eigenvalue weighted by atomic mass is 10.0. The standard InChI is InChI=1S/C16H16BrClO2/c1-3-20-13-8-9-14(15(17)10-13)16(18)11-4-6-12(19-2)7-5-11/h4-10,16H,3H2,1-2H3. The van der Waals surface area contributed by atoms with Crippen molar-refractivity contribution in [2.75, 3.05) is 13.7 Å². The van der Waals surface area contributed by atoms with Crippen LogP contribution in [0.4, 0.5) is 0 Å². The van der Waals surface area contributed by atoms with E-state index >= 15 is 0 Å². The zero-order valence-corrected chi connectivity index (χ0v) is 13.7. The van der Waals surface area contributed by atoms with Crippen molar-refractivity contribution >= 4 is 27.5 Å². The molecule has 1 unspecified atom stereocenters. The summed E-state index contributed by atoms with van der Waals surface area (Å²) in [6, 6.07) is 13.6. The molecule has 0 heterocycles. The van der Waals surface area contributed by atoms with Crippen LogP contribution in [0.5, 0.6) is 11.5 Å². The average molecular weight is 356 g/mol. The maximum Gasteiger partial charge on any atom is 0.120 e.